The quantitative estimate of drug-likeness (QED) is 0.0158. The number of imidazole rings is 5. The number of Topliss-reactive ketones (excluding diaryl/α,β-unsaturated/α-hetero) is 1. The largest absolute Gasteiger partial charge is 0.508 e. The molecule has 0 spiro atoms. The smallest absolute Gasteiger partial charge is 0.257 e. The molecule has 0 aliphatic carbocycles. The van der Waals surface area contributed by atoms with Crippen LogP contribution in [0.2, 0.25) is 10.0 Å². The van der Waals surface area contributed by atoms with Crippen molar-refractivity contribution in [2.45, 2.75) is 51.0 Å². The fraction of sp³-hybridized carbons (Fsp3) is 0.113. The number of aromatic hydroxyl groups is 2. The van der Waals surface area contributed by atoms with E-state index < -0.39 is 11.8 Å². The van der Waals surface area contributed by atoms with E-state index in [1.807, 2.05) is 137 Å². The van der Waals surface area contributed by atoms with Gasteiger partial charge in [-0.2, -0.15) is 15.3 Å². The Hall–Kier alpha value is -14.9. The van der Waals surface area contributed by atoms with E-state index in [-0.39, 0.29) is 47.7 Å². The number of ether oxygens (including phenoxy) is 1. The number of phenolic OH excluding ortho intramolecular Hbond substituents is 2. The predicted octanol–water partition coefficient (Wildman–Crippen LogP) is 12.5. The predicted molar refractivity (Wildman–Crippen MR) is 436 cm³/mol. The number of aryl methyl sites for hydroxylation is 1. The maximum atomic E-state index is 11.8. The number of hydrogen-bond acceptors (Lipinski definition) is 23. The number of para-hydroxylation sites is 6. The number of guanidine groups is 3. The van der Waals surface area contributed by atoms with Gasteiger partial charge in [0, 0.05) is 90.6 Å². The Morgan fingerprint density at radius 3 is 1.46 bits per heavy atom. The second-order valence-electron chi connectivity index (χ2n) is 26.6. The van der Waals surface area contributed by atoms with Crippen molar-refractivity contribution in [1.82, 2.24) is 78.3 Å². The minimum Gasteiger partial charge on any atom is -0.508 e. The van der Waals surface area contributed by atoms with E-state index in [9.17, 15) is 25.3 Å². The zero-order valence-corrected chi connectivity index (χ0v) is 62.6. The number of phenols is 2. The lowest BCUT2D eigenvalue weighted by Gasteiger charge is -2.25. The molecule has 4 atom stereocenters. The Kier molecular flexibility index (Phi) is 20.9. The summed E-state index contributed by atoms with van der Waals surface area (Å²) in [4.78, 5) is 47.3. The van der Waals surface area contributed by atoms with E-state index in [1.165, 1.54) is 29.8 Å². The molecule has 3 aliphatic heterocycles. The molecule has 8 aromatic heterocycles. The summed E-state index contributed by atoms with van der Waals surface area (Å²) in [5.74, 6) is 3.47. The van der Waals surface area contributed by atoms with E-state index in [1.54, 1.807) is 91.2 Å². The Morgan fingerprint density at radius 1 is 0.553 bits per heavy atom. The van der Waals surface area contributed by atoms with E-state index in [0.717, 1.165) is 94.1 Å². The van der Waals surface area contributed by atoms with Crippen LogP contribution in [0.3, 0.4) is 0 Å². The number of rotatable bonds is 14. The van der Waals surface area contributed by atoms with E-state index in [0.29, 0.717) is 57.6 Å². The summed E-state index contributed by atoms with van der Waals surface area (Å²) in [7, 11) is 1.65. The molecule has 572 valence electrons. The molecule has 3 aliphatic rings. The number of ketones is 1. The van der Waals surface area contributed by atoms with Crippen molar-refractivity contribution in [3.63, 3.8) is 0 Å². The number of aromatic amines is 3. The van der Waals surface area contributed by atoms with Crippen LogP contribution in [-0.4, -0.2) is 141 Å². The van der Waals surface area contributed by atoms with E-state index in [2.05, 4.69) is 123 Å². The van der Waals surface area contributed by atoms with Gasteiger partial charge in [-0.25, -0.2) is 39.9 Å². The number of carbonyl (C=O) groups is 1. The highest BCUT2D eigenvalue weighted by Gasteiger charge is 2.33. The number of nitrogens with one attached hydrogen (secondary N) is 6. The van der Waals surface area contributed by atoms with Gasteiger partial charge < -0.3 is 46.4 Å². The summed E-state index contributed by atoms with van der Waals surface area (Å²) in [6.45, 7) is 7.63. The standard InChI is InChI=1S/C19H17N8O.C19H17N7O.C19H17N7.C12H13ClN2O2.C11H9ClN2O2/c1-26(28)12-6-4-5-11(9-12)16-13(10-21-25-16)17-23-18(20)24-19-22-14-7-2-3-8-15(14)27(17)19;1-27-12-8-6-11(7-9-12)16-13(10-21-25-16)17-23-18(20)24-19-22-14-4-2-3-5-15(14)26(17)19;1-11-5-4-6-12(9-11)16-13(10-21-25-16)17-23-18(20)24-19-22-14-7-2-3-8-15(14)26(17)19;1-12(17,7-15-5-4-14-8-15)10-6-9(13)2-3-11(10)16;12-8-1-2-10(15)9(5-8)11(16)6-14-4-3-13-7-14/h2-10,17,28H,1H2,(H,21,25)(H3,20,22,23,24);2-10,17H,1H3,(H,21,25)(H3,20,22,23,24);2-10,17H,1H3,(H,21,25)(H3,20,22,23,24);2-6,8,16-17H,7H2,1H3;1-5,7,15H,6H2/q+1;;;;. The lowest BCUT2D eigenvalue weighted by molar-refractivity contribution is -0.706. The summed E-state index contributed by atoms with van der Waals surface area (Å²) in [6, 6.07) is 56.1. The minimum absolute atomic E-state index is 0.0273. The summed E-state index contributed by atoms with van der Waals surface area (Å²) in [5.41, 5.74) is 32.9. The normalized spacial score (nSPS) is 14.9. The fourth-order valence-electron chi connectivity index (χ4n) is 13.4. The number of halogens is 2. The molecule has 16 N–H and O–H groups in total. The molecule has 0 saturated carbocycles. The molecule has 0 amide bonds. The van der Waals surface area contributed by atoms with Crippen LogP contribution in [-0.2, 0) is 18.7 Å². The van der Waals surface area contributed by atoms with Gasteiger partial charge >= 0.3 is 0 Å². The van der Waals surface area contributed by atoms with Crippen LogP contribution in [0.4, 0.5) is 23.5 Å². The minimum atomic E-state index is -1.21. The van der Waals surface area contributed by atoms with E-state index in [4.69, 9.17) is 45.1 Å². The van der Waals surface area contributed by atoms with Crippen molar-refractivity contribution >= 4 is 110 Å². The van der Waals surface area contributed by atoms with Crippen LogP contribution in [0.25, 0.3) is 66.9 Å². The number of nitrogens with zero attached hydrogens (tertiary/aromatic N) is 17. The van der Waals surface area contributed by atoms with Crippen molar-refractivity contribution in [3.8, 4) is 51.0 Å². The number of aliphatic imine (C=N–C) groups is 3. The molecular formula is C80H73Cl2N26O6+. The number of nitrogens with two attached hydrogens (primary N) is 3. The molecule has 0 saturated heterocycles. The molecule has 8 aromatic carbocycles. The molecule has 32 nitrogen and oxygen atoms in total. The highest BCUT2D eigenvalue weighted by Crippen LogP contribution is 2.41. The van der Waals surface area contributed by atoms with Gasteiger partial charge in [0.05, 0.1) is 107 Å². The SMILES string of the molecule is C=[N+](O)c1cccc(-c2[nH]ncc2C2N=C(N)Nc3nc4ccccc4n32)c1.CC(O)(Cn1ccnc1)c1cc(Cl)ccc1O.COc1ccc(-c2[nH]ncc2C2N=C(N)Nc3nc4ccccc4n32)cc1.Cc1cccc(-c2[nH]ncc2C2N=C(N)Nc3nc4ccccc4n32)c1.O=C(Cn1ccnc1)c1cc(Cl)ccc1O. The Morgan fingerprint density at radius 2 is 1.00 bits per heavy atom. The number of methoxy groups -OCH3 is 1. The fourth-order valence-corrected chi connectivity index (χ4v) is 13.8. The van der Waals surface area contributed by atoms with Crippen molar-refractivity contribution in [2.75, 3.05) is 23.1 Å². The van der Waals surface area contributed by atoms with Crippen molar-refractivity contribution in [2.24, 2.45) is 32.2 Å². The third kappa shape index (κ3) is 15.7. The van der Waals surface area contributed by atoms with Gasteiger partial charge in [-0.1, -0.05) is 95.5 Å². The lowest BCUT2D eigenvalue weighted by atomic mass is 9.95. The van der Waals surface area contributed by atoms with E-state index >= 15 is 0 Å². The molecule has 0 fully saturated rings. The number of H-pyrrole nitrogens is 3. The van der Waals surface area contributed by atoms with Crippen LogP contribution in [0.1, 0.15) is 63.6 Å². The van der Waals surface area contributed by atoms with Crippen molar-refractivity contribution in [1.29, 1.82) is 0 Å². The molecule has 11 heterocycles. The second kappa shape index (κ2) is 32.0. The average Bonchev–Trinajstić information content (AvgIpc) is 1.61. The number of aromatic nitrogens is 16. The first-order valence-electron chi connectivity index (χ1n) is 35.3. The lowest BCUT2D eigenvalue weighted by Crippen LogP contribution is -2.31. The highest BCUT2D eigenvalue weighted by atomic mass is 35.5. The molecule has 19 rings (SSSR count). The zero-order valence-electron chi connectivity index (χ0n) is 61.1. The van der Waals surface area contributed by atoms with Gasteiger partial charge in [-0.3, -0.25) is 54.9 Å². The van der Waals surface area contributed by atoms with Crippen molar-refractivity contribution < 1.29 is 34.8 Å². The summed E-state index contributed by atoms with van der Waals surface area (Å²) < 4.78 is 15.5. The first-order valence-corrected chi connectivity index (χ1v) is 36.1. The molecule has 4 unspecified atom stereocenters. The highest BCUT2D eigenvalue weighted by molar-refractivity contribution is 6.31. The number of benzene rings is 8. The van der Waals surface area contributed by atoms with Gasteiger partial charge in [-0.05, 0) is 117 Å². The summed E-state index contributed by atoms with van der Waals surface area (Å²) >= 11 is 11.6. The van der Waals surface area contributed by atoms with Crippen LogP contribution in [0.15, 0.2) is 253 Å². The molecule has 114 heavy (non-hydrogen) atoms. The Bertz CT molecular complexity index is 6290. The van der Waals surface area contributed by atoms with Gasteiger partial charge in [0.2, 0.25) is 17.8 Å². The first kappa shape index (κ1) is 74.6. The third-order valence-electron chi connectivity index (χ3n) is 18.7. The van der Waals surface area contributed by atoms with Gasteiger partial charge in [0.1, 0.15) is 22.8 Å². The number of carbonyl (C=O) groups excluding carboxylic acids is 1. The Labute approximate surface area is 658 Å². The maximum absolute atomic E-state index is 11.8. The number of aliphatic hydroxyl groups is 1. The molecule has 34 heteroatoms. The summed E-state index contributed by atoms with van der Waals surface area (Å²) in [5, 5.41) is 71.4. The molecule has 0 bridgehead atoms. The topological polar surface area (TPSA) is 437 Å². The maximum Gasteiger partial charge on any atom is 0.257 e. The molecule has 0 radical (unpaired) electrons. The van der Waals surface area contributed by atoms with Gasteiger partial charge in [0.25, 0.3) is 5.69 Å². The van der Waals surface area contributed by atoms with Gasteiger partial charge in [0.15, 0.2) is 48.9 Å². The average molecular weight is 1570 g/mol. The van der Waals surface area contributed by atoms with Crippen LogP contribution in [0.5, 0.6) is 17.2 Å². The monoisotopic (exact) mass is 1560 g/mol. The van der Waals surface area contributed by atoms with Crippen LogP contribution < -0.4 is 37.9 Å². The van der Waals surface area contributed by atoms with Crippen LogP contribution >= 0.6 is 23.2 Å². The van der Waals surface area contributed by atoms with Gasteiger partial charge in [-0.15, -0.1) is 0 Å². The zero-order chi connectivity index (χ0) is 79.3. The van der Waals surface area contributed by atoms with Crippen LogP contribution in [0, 0.1) is 6.92 Å². The number of fused-ring (bicyclic) bond motifs is 9. The Balaban J connectivity index is 0.000000114. The number of anilines is 3. The third-order valence-corrected chi connectivity index (χ3v) is 19.2. The second-order valence-corrected chi connectivity index (χ2v) is 27.4. The summed E-state index contributed by atoms with van der Waals surface area (Å²) in [6.07, 6.45) is 14.0. The molecular weight excluding hydrogens is 1490 g/mol. The molecule has 16 aromatic rings. The number of hydrogen-bond donors (Lipinski definition) is 13. The first-order chi connectivity index (χ1) is 55.2. The van der Waals surface area contributed by atoms with Crippen molar-refractivity contribution in [3.05, 3.63) is 281 Å².